The van der Waals surface area contributed by atoms with Crippen molar-refractivity contribution in [1.29, 1.82) is 5.26 Å². The normalized spacial score (nSPS) is 22.0. The average Bonchev–Trinajstić information content (AvgIpc) is 2.95. The van der Waals surface area contributed by atoms with Crippen molar-refractivity contribution in [3.63, 3.8) is 0 Å². The third kappa shape index (κ3) is 4.16. The van der Waals surface area contributed by atoms with Gasteiger partial charge in [0, 0.05) is 25.2 Å². The fourth-order valence-electron chi connectivity index (χ4n) is 2.99. The number of hydrogen-bond donors (Lipinski definition) is 2. The summed E-state index contributed by atoms with van der Waals surface area (Å²) in [7, 11) is 0. The van der Waals surface area contributed by atoms with Crippen molar-refractivity contribution in [3.05, 3.63) is 23.9 Å². The molecule has 0 spiro atoms. The Morgan fingerprint density at radius 3 is 2.52 bits per heavy atom. The van der Waals surface area contributed by atoms with Crippen molar-refractivity contribution in [2.24, 2.45) is 0 Å². The van der Waals surface area contributed by atoms with Gasteiger partial charge in [0.2, 0.25) is 5.54 Å². The SMILES string of the molecule is CC(=O)[C@]1(C(=O)O)C[C@@H](Nc2ccc(C#N)cn2)CN1C(=O)OC(C)(C)C. The first-order valence-corrected chi connectivity index (χ1v) is 8.37. The molecule has 27 heavy (non-hydrogen) atoms. The van der Waals surface area contributed by atoms with Crippen LogP contribution in [0.4, 0.5) is 10.6 Å². The van der Waals surface area contributed by atoms with Crippen molar-refractivity contribution in [2.75, 3.05) is 11.9 Å². The standard InChI is InChI=1S/C18H22N4O5/c1-11(23)18(15(24)25)7-13(10-22(18)16(26)27-17(2,3)4)21-14-6-5-12(8-19)9-20-14/h5-6,9,13H,7,10H2,1-4H3,(H,20,21)(H,24,25)/t13-,18+/m1/s1. The molecule has 2 rings (SSSR count). The van der Waals surface area contributed by atoms with E-state index in [0.29, 0.717) is 11.4 Å². The summed E-state index contributed by atoms with van der Waals surface area (Å²) < 4.78 is 5.30. The van der Waals surface area contributed by atoms with E-state index in [4.69, 9.17) is 10.00 Å². The minimum absolute atomic E-state index is 0.0392. The lowest BCUT2D eigenvalue weighted by atomic mass is 9.90. The first-order valence-electron chi connectivity index (χ1n) is 8.37. The number of nitrogens with zero attached hydrogens (tertiary/aromatic N) is 3. The largest absolute Gasteiger partial charge is 0.479 e. The number of aromatic nitrogens is 1. The lowest BCUT2D eigenvalue weighted by molar-refractivity contribution is -0.154. The predicted octanol–water partition coefficient (Wildman–Crippen LogP) is 1.79. The molecule has 0 aliphatic carbocycles. The topological polar surface area (TPSA) is 133 Å². The number of anilines is 1. The molecule has 0 aromatic carbocycles. The van der Waals surface area contributed by atoms with E-state index in [9.17, 15) is 19.5 Å². The summed E-state index contributed by atoms with van der Waals surface area (Å²) >= 11 is 0. The second kappa shape index (κ2) is 7.23. The van der Waals surface area contributed by atoms with Crippen LogP contribution in [-0.4, -0.2) is 56.6 Å². The van der Waals surface area contributed by atoms with E-state index < -0.39 is 35.0 Å². The Morgan fingerprint density at radius 2 is 2.07 bits per heavy atom. The Labute approximate surface area is 156 Å². The second-order valence-electron chi connectivity index (χ2n) is 7.40. The van der Waals surface area contributed by atoms with Gasteiger partial charge in [-0.1, -0.05) is 0 Å². The Bertz CT molecular complexity index is 777. The summed E-state index contributed by atoms with van der Waals surface area (Å²) in [5.74, 6) is -1.65. The molecule has 1 saturated heterocycles. The predicted molar refractivity (Wildman–Crippen MR) is 95.0 cm³/mol. The maximum absolute atomic E-state index is 12.6. The van der Waals surface area contributed by atoms with Gasteiger partial charge in [0.25, 0.3) is 0 Å². The second-order valence-corrected chi connectivity index (χ2v) is 7.40. The molecule has 9 nitrogen and oxygen atoms in total. The zero-order chi connectivity index (χ0) is 20.4. The summed E-state index contributed by atoms with van der Waals surface area (Å²) in [5, 5.41) is 21.6. The monoisotopic (exact) mass is 374 g/mol. The van der Waals surface area contributed by atoms with Gasteiger partial charge in [-0.3, -0.25) is 9.69 Å². The van der Waals surface area contributed by atoms with Crippen LogP contribution in [-0.2, 0) is 14.3 Å². The summed E-state index contributed by atoms with van der Waals surface area (Å²) in [4.78, 5) is 41.9. The van der Waals surface area contributed by atoms with Crippen LogP contribution in [0.5, 0.6) is 0 Å². The number of ether oxygens (including phenoxy) is 1. The van der Waals surface area contributed by atoms with Crippen molar-refractivity contribution in [1.82, 2.24) is 9.88 Å². The molecule has 2 heterocycles. The number of aliphatic carboxylic acids is 1. The number of ketones is 1. The van der Waals surface area contributed by atoms with E-state index in [1.807, 2.05) is 6.07 Å². The molecule has 2 atom stereocenters. The lowest BCUT2D eigenvalue weighted by Crippen LogP contribution is -2.58. The Hall–Kier alpha value is -3.15. The van der Waals surface area contributed by atoms with Gasteiger partial charge in [-0.25, -0.2) is 14.6 Å². The van der Waals surface area contributed by atoms with E-state index in [2.05, 4.69) is 10.3 Å². The number of likely N-dealkylation sites (tertiary alicyclic amines) is 1. The molecule has 1 aliphatic rings. The van der Waals surface area contributed by atoms with Gasteiger partial charge in [-0.05, 0) is 39.8 Å². The molecule has 0 radical (unpaired) electrons. The number of Topliss-reactive ketones (excluding diaryl/α,β-unsaturated/α-hetero) is 1. The maximum Gasteiger partial charge on any atom is 0.411 e. The molecule has 1 amide bonds. The number of nitriles is 1. The summed E-state index contributed by atoms with van der Waals surface area (Å²) in [6.45, 7) is 6.09. The van der Waals surface area contributed by atoms with Crippen LogP contribution in [0.3, 0.4) is 0 Å². The summed E-state index contributed by atoms with van der Waals surface area (Å²) in [6, 6.07) is 4.56. The smallest absolute Gasteiger partial charge is 0.411 e. The molecule has 1 fully saturated rings. The van der Waals surface area contributed by atoms with Gasteiger partial charge >= 0.3 is 12.1 Å². The van der Waals surface area contributed by atoms with E-state index in [0.717, 1.165) is 11.8 Å². The van der Waals surface area contributed by atoms with Crippen molar-refractivity contribution < 1.29 is 24.2 Å². The van der Waals surface area contributed by atoms with E-state index >= 15 is 0 Å². The zero-order valence-electron chi connectivity index (χ0n) is 15.6. The van der Waals surface area contributed by atoms with Crippen LogP contribution in [0, 0.1) is 11.3 Å². The first kappa shape index (κ1) is 20.2. The van der Waals surface area contributed by atoms with Crippen LogP contribution in [0.25, 0.3) is 0 Å². The number of carboxylic acids is 1. The molecule has 1 aromatic heterocycles. The fourth-order valence-corrected chi connectivity index (χ4v) is 2.99. The molecule has 1 aromatic rings. The van der Waals surface area contributed by atoms with Gasteiger partial charge in [0.15, 0.2) is 5.78 Å². The van der Waals surface area contributed by atoms with E-state index in [1.165, 1.54) is 6.20 Å². The van der Waals surface area contributed by atoms with Gasteiger partial charge < -0.3 is 15.2 Å². The molecule has 144 valence electrons. The Kier molecular flexibility index (Phi) is 5.40. The molecule has 0 unspecified atom stereocenters. The van der Waals surface area contributed by atoms with Crippen LogP contribution < -0.4 is 5.32 Å². The highest BCUT2D eigenvalue weighted by molar-refractivity contribution is 6.09. The Balaban J connectivity index is 2.30. The summed E-state index contributed by atoms with van der Waals surface area (Å²) in [5.41, 5.74) is -2.46. The number of hydrogen-bond acceptors (Lipinski definition) is 7. The van der Waals surface area contributed by atoms with Gasteiger partial charge in [-0.15, -0.1) is 0 Å². The number of rotatable bonds is 4. The highest BCUT2D eigenvalue weighted by Crippen LogP contribution is 2.34. The van der Waals surface area contributed by atoms with Crippen molar-refractivity contribution >= 4 is 23.7 Å². The molecular formula is C18H22N4O5. The number of amides is 1. The molecule has 0 bridgehead atoms. The highest BCUT2D eigenvalue weighted by Gasteiger charge is 2.58. The molecular weight excluding hydrogens is 352 g/mol. The van der Waals surface area contributed by atoms with Crippen LogP contribution in [0.2, 0.25) is 0 Å². The number of carbonyl (C=O) groups is 3. The molecule has 0 saturated carbocycles. The van der Waals surface area contributed by atoms with Crippen molar-refractivity contribution in [3.8, 4) is 6.07 Å². The minimum Gasteiger partial charge on any atom is -0.479 e. The fraction of sp³-hybridized carbons (Fsp3) is 0.500. The van der Waals surface area contributed by atoms with Crippen molar-refractivity contribution in [2.45, 2.75) is 51.3 Å². The number of carboxylic acid groups (broad SMARTS) is 1. The quantitative estimate of drug-likeness (QED) is 0.762. The molecule has 9 heteroatoms. The average molecular weight is 374 g/mol. The van der Waals surface area contributed by atoms with Crippen LogP contribution in [0.1, 0.15) is 39.7 Å². The van der Waals surface area contributed by atoms with Crippen LogP contribution >= 0.6 is 0 Å². The van der Waals surface area contributed by atoms with E-state index in [-0.39, 0.29) is 13.0 Å². The maximum atomic E-state index is 12.6. The van der Waals surface area contributed by atoms with Gasteiger partial charge in [-0.2, -0.15) is 5.26 Å². The Morgan fingerprint density at radius 1 is 1.41 bits per heavy atom. The molecule has 2 N–H and O–H groups in total. The van der Waals surface area contributed by atoms with E-state index in [1.54, 1.807) is 32.9 Å². The third-order valence-electron chi connectivity index (χ3n) is 4.20. The number of pyridine rings is 1. The molecule has 1 aliphatic heterocycles. The lowest BCUT2D eigenvalue weighted by Gasteiger charge is -2.33. The third-order valence-corrected chi connectivity index (χ3v) is 4.20. The van der Waals surface area contributed by atoms with Gasteiger partial charge in [0.1, 0.15) is 17.5 Å². The summed E-state index contributed by atoms with van der Waals surface area (Å²) in [6.07, 6.45) is 0.383. The number of carbonyl (C=O) groups excluding carboxylic acids is 2. The highest BCUT2D eigenvalue weighted by atomic mass is 16.6. The van der Waals surface area contributed by atoms with Crippen LogP contribution in [0.15, 0.2) is 18.3 Å². The minimum atomic E-state index is -2.01. The first-order chi connectivity index (χ1) is 12.5. The zero-order valence-corrected chi connectivity index (χ0v) is 15.6. The number of nitrogens with one attached hydrogen (secondary N) is 1. The van der Waals surface area contributed by atoms with Gasteiger partial charge in [0.05, 0.1) is 5.56 Å².